The first kappa shape index (κ1) is 11.1. The zero-order chi connectivity index (χ0) is 11.7. The number of hydrogen-bond donors (Lipinski definition) is 1. The Morgan fingerprint density at radius 2 is 1.94 bits per heavy atom. The van der Waals surface area contributed by atoms with Crippen molar-refractivity contribution in [2.75, 3.05) is 5.32 Å². The summed E-state index contributed by atoms with van der Waals surface area (Å²) in [5, 5.41) is 3.61. The van der Waals surface area contributed by atoms with Gasteiger partial charge in [0.05, 0.1) is 0 Å². The van der Waals surface area contributed by atoms with E-state index in [1.807, 2.05) is 0 Å². The molecule has 1 nitrogen and oxygen atoms in total. The third-order valence-corrected chi connectivity index (χ3v) is 4.53. The molecule has 1 aliphatic carbocycles. The second kappa shape index (κ2) is 4.72. The van der Waals surface area contributed by atoms with Crippen molar-refractivity contribution in [2.24, 2.45) is 5.92 Å². The van der Waals surface area contributed by atoms with Crippen molar-refractivity contribution >= 4 is 5.69 Å². The summed E-state index contributed by atoms with van der Waals surface area (Å²) in [5.74, 6) is 1.80. The molecular formula is C16H23N. The number of para-hydroxylation sites is 1. The van der Waals surface area contributed by atoms with Gasteiger partial charge >= 0.3 is 0 Å². The second-order valence-corrected chi connectivity index (χ2v) is 5.95. The number of hydrogen-bond acceptors (Lipinski definition) is 1. The van der Waals surface area contributed by atoms with Gasteiger partial charge in [-0.1, -0.05) is 43.9 Å². The van der Waals surface area contributed by atoms with Crippen LogP contribution in [0.2, 0.25) is 0 Å². The van der Waals surface area contributed by atoms with Gasteiger partial charge in [-0.2, -0.15) is 0 Å². The summed E-state index contributed by atoms with van der Waals surface area (Å²) >= 11 is 0. The van der Waals surface area contributed by atoms with Crippen LogP contribution in [-0.2, 0) is 0 Å². The van der Waals surface area contributed by atoms with Gasteiger partial charge in [-0.25, -0.2) is 0 Å². The topological polar surface area (TPSA) is 12.0 Å². The van der Waals surface area contributed by atoms with Crippen LogP contribution in [0, 0.1) is 5.92 Å². The highest BCUT2D eigenvalue weighted by molar-refractivity contribution is 5.55. The van der Waals surface area contributed by atoms with E-state index in [2.05, 4.69) is 36.5 Å². The molecular weight excluding hydrogens is 206 g/mol. The summed E-state index contributed by atoms with van der Waals surface area (Å²) in [6, 6.07) is 9.55. The average Bonchev–Trinajstić information content (AvgIpc) is 2.81. The van der Waals surface area contributed by atoms with E-state index in [1.165, 1.54) is 44.2 Å². The van der Waals surface area contributed by atoms with Crippen molar-refractivity contribution in [3.63, 3.8) is 0 Å². The van der Waals surface area contributed by atoms with Crippen LogP contribution in [0.25, 0.3) is 0 Å². The Labute approximate surface area is 105 Å². The molecule has 1 N–H and O–H groups in total. The van der Waals surface area contributed by atoms with Gasteiger partial charge in [-0.3, -0.25) is 0 Å². The average molecular weight is 229 g/mol. The number of anilines is 1. The predicted molar refractivity (Wildman–Crippen MR) is 73.5 cm³/mol. The molecule has 0 aromatic heterocycles. The third kappa shape index (κ3) is 2.34. The lowest BCUT2D eigenvalue weighted by Gasteiger charge is -2.32. The molecule has 2 aliphatic rings. The third-order valence-electron chi connectivity index (χ3n) is 4.53. The van der Waals surface area contributed by atoms with Crippen LogP contribution < -0.4 is 5.32 Å². The number of nitrogens with one attached hydrogen (secondary N) is 1. The maximum absolute atomic E-state index is 3.61. The Balaban J connectivity index is 1.79. The molecule has 1 fully saturated rings. The molecule has 1 heterocycles. The molecule has 0 saturated heterocycles. The maximum Gasteiger partial charge on any atom is 0.0377 e. The standard InChI is InChI=1S/C16H23N/c1-12-10-14(11-13-6-2-3-7-13)15-8-4-5-9-16(15)17-12/h4-5,8-9,12-14,17H,2-3,6-7,10-11H2,1H3. The number of rotatable bonds is 2. The summed E-state index contributed by atoms with van der Waals surface area (Å²) in [6.07, 6.45) is 8.61. The Hall–Kier alpha value is -0.980. The van der Waals surface area contributed by atoms with Crippen LogP contribution in [0.15, 0.2) is 24.3 Å². The minimum Gasteiger partial charge on any atom is -0.382 e. The highest BCUT2D eigenvalue weighted by Gasteiger charge is 2.27. The summed E-state index contributed by atoms with van der Waals surface area (Å²) in [7, 11) is 0. The second-order valence-electron chi connectivity index (χ2n) is 5.95. The van der Waals surface area contributed by atoms with Crippen molar-refractivity contribution in [2.45, 2.75) is 57.4 Å². The Morgan fingerprint density at radius 1 is 1.18 bits per heavy atom. The smallest absolute Gasteiger partial charge is 0.0377 e. The molecule has 1 aromatic carbocycles. The van der Waals surface area contributed by atoms with E-state index in [0.717, 1.165) is 11.8 Å². The molecule has 1 aromatic rings. The lowest BCUT2D eigenvalue weighted by molar-refractivity contribution is 0.411. The van der Waals surface area contributed by atoms with E-state index in [0.29, 0.717) is 6.04 Å². The van der Waals surface area contributed by atoms with E-state index in [4.69, 9.17) is 0 Å². The number of benzene rings is 1. The largest absolute Gasteiger partial charge is 0.382 e. The number of fused-ring (bicyclic) bond motifs is 1. The van der Waals surface area contributed by atoms with Crippen molar-refractivity contribution in [1.82, 2.24) is 0 Å². The molecule has 0 spiro atoms. The van der Waals surface area contributed by atoms with Gasteiger partial charge in [-0.05, 0) is 43.2 Å². The van der Waals surface area contributed by atoms with E-state index in [-0.39, 0.29) is 0 Å². The van der Waals surface area contributed by atoms with Crippen LogP contribution in [-0.4, -0.2) is 6.04 Å². The fourth-order valence-corrected chi connectivity index (χ4v) is 3.73. The van der Waals surface area contributed by atoms with Crippen molar-refractivity contribution < 1.29 is 0 Å². The van der Waals surface area contributed by atoms with Crippen LogP contribution in [0.1, 0.15) is 56.9 Å². The van der Waals surface area contributed by atoms with Gasteiger partial charge in [0.15, 0.2) is 0 Å². The summed E-state index contributed by atoms with van der Waals surface area (Å²) in [4.78, 5) is 0. The fraction of sp³-hybridized carbons (Fsp3) is 0.625. The minimum atomic E-state index is 0.635. The highest BCUT2D eigenvalue weighted by Crippen LogP contribution is 2.41. The van der Waals surface area contributed by atoms with Crippen LogP contribution in [0.3, 0.4) is 0 Å². The van der Waals surface area contributed by atoms with Crippen LogP contribution in [0.5, 0.6) is 0 Å². The van der Waals surface area contributed by atoms with Crippen molar-refractivity contribution in [3.05, 3.63) is 29.8 Å². The lowest BCUT2D eigenvalue weighted by atomic mass is 9.81. The molecule has 0 radical (unpaired) electrons. The Kier molecular flexibility index (Phi) is 3.09. The summed E-state index contributed by atoms with van der Waals surface area (Å²) in [5.41, 5.74) is 2.95. The molecule has 1 saturated carbocycles. The van der Waals surface area contributed by atoms with Gasteiger partial charge in [0.25, 0.3) is 0 Å². The molecule has 3 rings (SSSR count). The van der Waals surface area contributed by atoms with E-state index >= 15 is 0 Å². The highest BCUT2D eigenvalue weighted by atomic mass is 14.9. The molecule has 1 heteroatoms. The maximum atomic E-state index is 3.61. The monoisotopic (exact) mass is 229 g/mol. The predicted octanol–water partition coefficient (Wildman–Crippen LogP) is 4.55. The Morgan fingerprint density at radius 3 is 2.76 bits per heavy atom. The molecule has 17 heavy (non-hydrogen) atoms. The van der Waals surface area contributed by atoms with Gasteiger partial charge in [0, 0.05) is 11.7 Å². The van der Waals surface area contributed by atoms with E-state index < -0.39 is 0 Å². The molecule has 2 atom stereocenters. The molecule has 0 bridgehead atoms. The van der Waals surface area contributed by atoms with Crippen molar-refractivity contribution in [1.29, 1.82) is 0 Å². The van der Waals surface area contributed by atoms with E-state index in [9.17, 15) is 0 Å². The first-order chi connectivity index (χ1) is 8.33. The first-order valence-electron chi connectivity index (χ1n) is 7.18. The summed E-state index contributed by atoms with van der Waals surface area (Å²) < 4.78 is 0. The van der Waals surface area contributed by atoms with E-state index in [1.54, 1.807) is 5.56 Å². The first-order valence-corrected chi connectivity index (χ1v) is 7.18. The minimum absolute atomic E-state index is 0.635. The SMILES string of the molecule is CC1CC(CC2CCCC2)c2ccccc2N1. The van der Waals surface area contributed by atoms with Crippen molar-refractivity contribution in [3.8, 4) is 0 Å². The molecule has 0 amide bonds. The lowest BCUT2D eigenvalue weighted by Crippen LogP contribution is -2.26. The molecule has 1 aliphatic heterocycles. The Bertz CT molecular complexity index is 379. The van der Waals surface area contributed by atoms with Gasteiger partial charge < -0.3 is 5.32 Å². The fourth-order valence-electron chi connectivity index (χ4n) is 3.73. The van der Waals surface area contributed by atoms with Gasteiger partial charge in [0.1, 0.15) is 0 Å². The normalized spacial score (nSPS) is 28.8. The molecule has 92 valence electrons. The zero-order valence-corrected chi connectivity index (χ0v) is 10.8. The van der Waals surface area contributed by atoms with Gasteiger partial charge in [0.2, 0.25) is 0 Å². The molecule has 2 unspecified atom stereocenters. The van der Waals surface area contributed by atoms with Crippen LogP contribution in [0.4, 0.5) is 5.69 Å². The van der Waals surface area contributed by atoms with Crippen LogP contribution >= 0.6 is 0 Å². The van der Waals surface area contributed by atoms with Gasteiger partial charge in [-0.15, -0.1) is 0 Å². The zero-order valence-electron chi connectivity index (χ0n) is 10.8. The summed E-state index contributed by atoms with van der Waals surface area (Å²) in [6.45, 7) is 2.32. The quantitative estimate of drug-likeness (QED) is 0.784.